The van der Waals surface area contributed by atoms with E-state index in [-0.39, 0.29) is 0 Å². The van der Waals surface area contributed by atoms with E-state index < -0.39 is 0 Å². The van der Waals surface area contributed by atoms with E-state index in [4.69, 9.17) is 0 Å². The Morgan fingerprint density at radius 1 is 1.32 bits per heavy atom. The van der Waals surface area contributed by atoms with Crippen molar-refractivity contribution in [2.24, 2.45) is 4.99 Å². The van der Waals surface area contributed by atoms with Crippen LogP contribution in [-0.2, 0) is 13.0 Å². The molecule has 0 aliphatic carbocycles. The highest BCUT2D eigenvalue weighted by Crippen LogP contribution is 2.18. The van der Waals surface area contributed by atoms with E-state index in [1.54, 1.807) is 7.05 Å². The summed E-state index contributed by atoms with van der Waals surface area (Å²) in [4.78, 5) is 6.64. The summed E-state index contributed by atoms with van der Waals surface area (Å²) in [5.74, 6) is 0.865. The van der Waals surface area contributed by atoms with Crippen molar-refractivity contribution in [3.8, 4) is 0 Å². The average molecular weight is 260 g/mol. The molecule has 0 radical (unpaired) electrons. The van der Waals surface area contributed by atoms with Gasteiger partial charge in [-0.15, -0.1) is 0 Å². The van der Waals surface area contributed by atoms with Crippen LogP contribution in [0, 0.1) is 0 Å². The SMILES string of the molecule is CN=C(NC)NCCCN1CCc2ccccc2C1. The quantitative estimate of drug-likeness (QED) is 0.486. The third-order valence-electron chi connectivity index (χ3n) is 3.61. The van der Waals surface area contributed by atoms with Crippen LogP contribution < -0.4 is 10.6 Å². The van der Waals surface area contributed by atoms with Crippen LogP contribution in [0.4, 0.5) is 0 Å². The third-order valence-corrected chi connectivity index (χ3v) is 3.61. The summed E-state index contributed by atoms with van der Waals surface area (Å²) < 4.78 is 0. The van der Waals surface area contributed by atoms with Crippen LogP contribution in [0.15, 0.2) is 29.3 Å². The Bertz CT molecular complexity index is 428. The maximum absolute atomic E-state index is 4.10. The Labute approximate surface area is 115 Å². The number of benzene rings is 1. The highest BCUT2D eigenvalue weighted by molar-refractivity contribution is 5.79. The molecule has 1 aliphatic rings. The summed E-state index contributed by atoms with van der Waals surface area (Å²) in [7, 11) is 3.68. The van der Waals surface area contributed by atoms with Gasteiger partial charge in [-0.2, -0.15) is 0 Å². The molecular weight excluding hydrogens is 236 g/mol. The van der Waals surface area contributed by atoms with Gasteiger partial charge in [-0.3, -0.25) is 9.89 Å². The van der Waals surface area contributed by atoms with Gasteiger partial charge in [0.05, 0.1) is 0 Å². The lowest BCUT2D eigenvalue weighted by Crippen LogP contribution is -2.37. The van der Waals surface area contributed by atoms with E-state index in [1.165, 1.54) is 24.1 Å². The fourth-order valence-corrected chi connectivity index (χ4v) is 2.53. The smallest absolute Gasteiger partial charge is 0.190 e. The number of fused-ring (bicyclic) bond motifs is 1. The topological polar surface area (TPSA) is 39.7 Å². The minimum atomic E-state index is 0.865. The molecule has 4 heteroatoms. The Hall–Kier alpha value is -1.55. The molecule has 0 unspecified atom stereocenters. The molecule has 1 aromatic carbocycles. The van der Waals surface area contributed by atoms with Gasteiger partial charge < -0.3 is 10.6 Å². The van der Waals surface area contributed by atoms with Crippen molar-refractivity contribution in [2.75, 3.05) is 33.7 Å². The molecule has 4 nitrogen and oxygen atoms in total. The van der Waals surface area contributed by atoms with Gasteiger partial charge in [0.25, 0.3) is 0 Å². The molecule has 0 spiro atoms. The van der Waals surface area contributed by atoms with Gasteiger partial charge in [0, 0.05) is 40.3 Å². The fourth-order valence-electron chi connectivity index (χ4n) is 2.53. The van der Waals surface area contributed by atoms with Crippen molar-refractivity contribution < 1.29 is 0 Å². The number of hydrogen-bond donors (Lipinski definition) is 2. The monoisotopic (exact) mass is 260 g/mol. The van der Waals surface area contributed by atoms with E-state index in [0.29, 0.717) is 0 Å². The zero-order valence-corrected chi connectivity index (χ0v) is 11.9. The minimum Gasteiger partial charge on any atom is -0.359 e. The first-order valence-corrected chi connectivity index (χ1v) is 7.01. The second kappa shape index (κ2) is 7.14. The van der Waals surface area contributed by atoms with Crippen molar-refractivity contribution in [3.63, 3.8) is 0 Å². The third kappa shape index (κ3) is 3.96. The molecule has 0 saturated carbocycles. The molecule has 2 rings (SSSR count). The molecule has 0 fully saturated rings. The standard InChI is InChI=1S/C15H24N4/c1-16-15(17-2)18-9-5-10-19-11-8-13-6-3-4-7-14(13)12-19/h3-4,6-7H,5,8-12H2,1-2H3,(H2,16,17,18). The van der Waals surface area contributed by atoms with Crippen LogP contribution in [0.3, 0.4) is 0 Å². The predicted molar refractivity (Wildman–Crippen MR) is 80.5 cm³/mol. The Morgan fingerprint density at radius 3 is 2.84 bits per heavy atom. The minimum absolute atomic E-state index is 0.865. The lowest BCUT2D eigenvalue weighted by atomic mass is 10.00. The molecule has 104 valence electrons. The summed E-state index contributed by atoms with van der Waals surface area (Å²) in [5.41, 5.74) is 3.01. The molecule has 2 N–H and O–H groups in total. The van der Waals surface area contributed by atoms with Gasteiger partial charge in [-0.05, 0) is 24.0 Å². The van der Waals surface area contributed by atoms with Gasteiger partial charge in [-0.1, -0.05) is 24.3 Å². The zero-order valence-electron chi connectivity index (χ0n) is 11.9. The van der Waals surface area contributed by atoms with Gasteiger partial charge in [-0.25, -0.2) is 0 Å². The van der Waals surface area contributed by atoms with Crippen molar-refractivity contribution in [1.82, 2.24) is 15.5 Å². The normalized spacial score (nSPS) is 16.0. The van der Waals surface area contributed by atoms with Crippen LogP contribution in [0.2, 0.25) is 0 Å². The van der Waals surface area contributed by atoms with E-state index in [0.717, 1.165) is 32.0 Å². The van der Waals surface area contributed by atoms with Gasteiger partial charge in [0.2, 0.25) is 0 Å². The summed E-state index contributed by atoms with van der Waals surface area (Å²) >= 11 is 0. The van der Waals surface area contributed by atoms with E-state index in [9.17, 15) is 0 Å². The lowest BCUT2D eigenvalue weighted by molar-refractivity contribution is 0.251. The first-order valence-electron chi connectivity index (χ1n) is 7.01. The summed E-state index contributed by atoms with van der Waals surface area (Å²) in [6, 6.07) is 8.79. The second-order valence-corrected chi connectivity index (χ2v) is 4.90. The van der Waals surface area contributed by atoms with E-state index in [2.05, 4.69) is 44.8 Å². The van der Waals surface area contributed by atoms with Crippen LogP contribution in [-0.4, -0.2) is 44.6 Å². The van der Waals surface area contributed by atoms with Gasteiger partial charge in [0.1, 0.15) is 0 Å². The van der Waals surface area contributed by atoms with E-state index in [1.807, 2.05) is 7.05 Å². The number of nitrogens with zero attached hydrogens (tertiary/aromatic N) is 2. The highest BCUT2D eigenvalue weighted by atomic mass is 15.2. The van der Waals surface area contributed by atoms with E-state index >= 15 is 0 Å². The number of rotatable bonds is 4. The van der Waals surface area contributed by atoms with Crippen LogP contribution in [0.25, 0.3) is 0 Å². The highest BCUT2D eigenvalue weighted by Gasteiger charge is 2.14. The first kappa shape index (κ1) is 13.9. The number of nitrogens with one attached hydrogen (secondary N) is 2. The summed E-state index contributed by atoms with van der Waals surface area (Å²) in [6.45, 7) is 4.38. The first-order chi connectivity index (χ1) is 9.33. The Morgan fingerprint density at radius 2 is 2.11 bits per heavy atom. The second-order valence-electron chi connectivity index (χ2n) is 4.90. The molecule has 0 atom stereocenters. The van der Waals surface area contributed by atoms with Crippen molar-refractivity contribution in [3.05, 3.63) is 35.4 Å². The maximum Gasteiger partial charge on any atom is 0.190 e. The largest absolute Gasteiger partial charge is 0.359 e. The molecule has 1 heterocycles. The molecule has 0 saturated heterocycles. The Kier molecular flexibility index (Phi) is 5.21. The zero-order chi connectivity index (χ0) is 13.5. The molecule has 0 amide bonds. The van der Waals surface area contributed by atoms with Crippen LogP contribution in [0.1, 0.15) is 17.5 Å². The molecule has 1 aliphatic heterocycles. The lowest BCUT2D eigenvalue weighted by Gasteiger charge is -2.28. The number of guanidine groups is 1. The molecule has 19 heavy (non-hydrogen) atoms. The Balaban J connectivity index is 1.71. The van der Waals surface area contributed by atoms with Crippen LogP contribution >= 0.6 is 0 Å². The van der Waals surface area contributed by atoms with Crippen molar-refractivity contribution in [2.45, 2.75) is 19.4 Å². The van der Waals surface area contributed by atoms with Gasteiger partial charge in [0.15, 0.2) is 5.96 Å². The van der Waals surface area contributed by atoms with Crippen molar-refractivity contribution in [1.29, 1.82) is 0 Å². The molecule has 0 aromatic heterocycles. The molecule has 0 bridgehead atoms. The summed E-state index contributed by atoms with van der Waals surface area (Å²) in [6.07, 6.45) is 2.32. The average Bonchev–Trinajstić information content (AvgIpc) is 2.47. The fraction of sp³-hybridized carbons (Fsp3) is 0.533. The van der Waals surface area contributed by atoms with Gasteiger partial charge >= 0.3 is 0 Å². The maximum atomic E-state index is 4.10. The molecule has 1 aromatic rings. The number of aliphatic imine (C=N–C) groups is 1. The predicted octanol–water partition coefficient (Wildman–Crippen LogP) is 1.23. The molecular formula is C15H24N4. The summed E-state index contributed by atoms with van der Waals surface area (Å²) in [5, 5.41) is 6.32. The van der Waals surface area contributed by atoms with Crippen LogP contribution in [0.5, 0.6) is 0 Å². The van der Waals surface area contributed by atoms with Crippen molar-refractivity contribution >= 4 is 5.96 Å². The number of hydrogen-bond acceptors (Lipinski definition) is 2.